The van der Waals surface area contributed by atoms with Crippen LogP contribution < -0.4 is 20.9 Å². The minimum absolute atomic E-state index is 0.0657. The molecule has 3 rings (SSSR count). The molecule has 0 atom stereocenters. The quantitative estimate of drug-likeness (QED) is 0.414. The zero-order chi connectivity index (χ0) is 22.1. The van der Waals surface area contributed by atoms with E-state index in [4.69, 9.17) is 11.5 Å². The van der Waals surface area contributed by atoms with Crippen LogP contribution >= 0.6 is 0 Å². The summed E-state index contributed by atoms with van der Waals surface area (Å²) < 4.78 is 55.5. The average Bonchev–Trinajstić information content (AvgIpc) is 2.66. The van der Waals surface area contributed by atoms with Crippen molar-refractivity contribution in [2.45, 2.75) is 23.6 Å². The van der Waals surface area contributed by atoms with Crippen LogP contribution in [0.5, 0.6) is 0 Å². The smallest absolute Gasteiger partial charge is 0.263 e. The van der Waals surface area contributed by atoms with Crippen molar-refractivity contribution in [2.24, 2.45) is 0 Å². The van der Waals surface area contributed by atoms with E-state index in [0.717, 1.165) is 0 Å². The van der Waals surface area contributed by atoms with Crippen LogP contribution in [0, 0.1) is 13.8 Å². The third-order valence-electron chi connectivity index (χ3n) is 4.15. The molecule has 0 radical (unpaired) electrons. The first-order chi connectivity index (χ1) is 14.0. The molecular weight excluding hydrogens is 428 g/mol. The summed E-state index contributed by atoms with van der Waals surface area (Å²) in [6.45, 7) is 3.25. The Morgan fingerprint density at radius 3 is 1.23 bits per heavy atom. The van der Waals surface area contributed by atoms with Gasteiger partial charge in [0, 0.05) is 11.4 Å². The van der Waals surface area contributed by atoms with Gasteiger partial charge in [-0.25, -0.2) is 26.8 Å². The van der Waals surface area contributed by atoms with Gasteiger partial charge in [0.2, 0.25) is 0 Å². The van der Waals surface area contributed by atoms with Crippen molar-refractivity contribution in [3.05, 3.63) is 59.9 Å². The third-order valence-corrected chi connectivity index (χ3v) is 6.86. The fourth-order valence-corrected chi connectivity index (χ4v) is 4.43. The summed E-state index contributed by atoms with van der Waals surface area (Å²) in [5.41, 5.74) is 12.9. The van der Waals surface area contributed by atoms with Crippen LogP contribution in [0.15, 0.2) is 58.3 Å². The summed E-state index contributed by atoms with van der Waals surface area (Å²) in [4.78, 5) is 8.21. The standard InChI is InChI=1S/C18H20N6O4S2/c1-11-12(2)22-18(24-30(27,28)16-9-5-14(20)6-10-16)17(21-11)23-29(25,26)15-7-3-13(19)4-8-15/h3-10H,19-20H2,1-2H3,(H,21,23)(H,22,24). The van der Waals surface area contributed by atoms with Crippen molar-refractivity contribution in [3.63, 3.8) is 0 Å². The van der Waals surface area contributed by atoms with Gasteiger partial charge < -0.3 is 11.5 Å². The summed E-state index contributed by atoms with van der Waals surface area (Å²) >= 11 is 0. The number of anilines is 4. The van der Waals surface area contributed by atoms with E-state index in [0.29, 0.717) is 22.8 Å². The molecule has 6 N–H and O–H groups in total. The normalized spacial score (nSPS) is 11.8. The van der Waals surface area contributed by atoms with E-state index >= 15 is 0 Å². The molecule has 0 aliphatic rings. The highest BCUT2D eigenvalue weighted by molar-refractivity contribution is 7.93. The molecule has 0 unspecified atom stereocenters. The molecule has 1 heterocycles. The van der Waals surface area contributed by atoms with Gasteiger partial charge in [-0.1, -0.05) is 0 Å². The lowest BCUT2D eigenvalue weighted by Gasteiger charge is -2.15. The lowest BCUT2D eigenvalue weighted by atomic mass is 10.3. The molecule has 158 valence electrons. The predicted molar refractivity (Wildman–Crippen MR) is 115 cm³/mol. The minimum atomic E-state index is -4.07. The molecule has 30 heavy (non-hydrogen) atoms. The highest BCUT2D eigenvalue weighted by atomic mass is 32.2. The molecule has 0 amide bonds. The number of rotatable bonds is 6. The largest absolute Gasteiger partial charge is 0.399 e. The first kappa shape index (κ1) is 21.3. The van der Waals surface area contributed by atoms with Crippen LogP contribution in [0.25, 0.3) is 0 Å². The van der Waals surface area contributed by atoms with E-state index < -0.39 is 20.0 Å². The molecule has 12 heteroatoms. The van der Waals surface area contributed by atoms with Crippen molar-refractivity contribution < 1.29 is 16.8 Å². The van der Waals surface area contributed by atoms with Crippen molar-refractivity contribution in [1.29, 1.82) is 0 Å². The highest BCUT2D eigenvalue weighted by Crippen LogP contribution is 2.25. The fraction of sp³-hybridized carbons (Fsp3) is 0.111. The number of hydrogen-bond donors (Lipinski definition) is 4. The van der Waals surface area contributed by atoms with Crippen molar-refractivity contribution in [2.75, 3.05) is 20.9 Å². The number of nitrogens with zero attached hydrogens (tertiary/aromatic N) is 2. The van der Waals surface area contributed by atoms with E-state index in [9.17, 15) is 16.8 Å². The summed E-state index contributed by atoms with van der Waals surface area (Å²) in [5, 5.41) is 0. The molecule has 0 aliphatic carbocycles. The van der Waals surface area contributed by atoms with Crippen molar-refractivity contribution in [1.82, 2.24) is 9.97 Å². The zero-order valence-corrected chi connectivity index (χ0v) is 17.8. The molecule has 0 aliphatic heterocycles. The zero-order valence-electron chi connectivity index (χ0n) is 16.1. The van der Waals surface area contributed by atoms with E-state index in [1.807, 2.05) is 0 Å². The Morgan fingerprint density at radius 1 is 0.633 bits per heavy atom. The van der Waals surface area contributed by atoms with Crippen LogP contribution in [0.2, 0.25) is 0 Å². The van der Waals surface area contributed by atoms with Gasteiger partial charge in [0.25, 0.3) is 20.0 Å². The van der Waals surface area contributed by atoms with Gasteiger partial charge in [-0.3, -0.25) is 9.44 Å². The topological polar surface area (TPSA) is 170 Å². The Kier molecular flexibility index (Phi) is 5.55. The summed E-state index contributed by atoms with van der Waals surface area (Å²) in [6, 6.07) is 11.0. The monoisotopic (exact) mass is 448 g/mol. The highest BCUT2D eigenvalue weighted by Gasteiger charge is 2.23. The Hall–Kier alpha value is -3.38. The number of benzene rings is 2. The Labute approximate surface area is 174 Å². The second-order valence-electron chi connectivity index (χ2n) is 6.44. The molecule has 1 aromatic heterocycles. The minimum Gasteiger partial charge on any atom is -0.399 e. The first-order valence-electron chi connectivity index (χ1n) is 8.60. The van der Waals surface area contributed by atoms with Crippen molar-refractivity contribution in [3.8, 4) is 0 Å². The molecule has 3 aromatic rings. The predicted octanol–water partition coefficient (Wildman–Crippen LogP) is 1.86. The average molecular weight is 449 g/mol. The van der Waals surface area contributed by atoms with Crippen LogP contribution in [0.3, 0.4) is 0 Å². The molecule has 0 fully saturated rings. The number of aromatic nitrogens is 2. The first-order valence-corrected chi connectivity index (χ1v) is 11.6. The van der Waals surface area contributed by atoms with E-state index in [1.54, 1.807) is 13.8 Å². The summed E-state index contributed by atoms with van der Waals surface area (Å²) in [5.74, 6) is -0.511. The Morgan fingerprint density at radius 2 is 0.933 bits per heavy atom. The fourth-order valence-electron chi connectivity index (χ4n) is 2.41. The summed E-state index contributed by atoms with van der Waals surface area (Å²) in [7, 11) is -8.13. The number of aryl methyl sites for hydroxylation is 2. The molecule has 0 saturated heterocycles. The van der Waals surface area contributed by atoms with Crippen LogP contribution in [-0.4, -0.2) is 26.8 Å². The second-order valence-corrected chi connectivity index (χ2v) is 9.81. The van der Waals surface area contributed by atoms with Crippen LogP contribution in [0.1, 0.15) is 11.4 Å². The Bertz CT molecular complexity index is 1190. The van der Waals surface area contributed by atoms with E-state index in [-0.39, 0.29) is 21.4 Å². The van der Waals surface area contributed by atoms with Gasteiger partial charge in [-0.15, -0.1) is 0 Å². The molecular formula is C18H20N6O4S2. The maximum absolute atomic E-state index is 12.7. The molecule has 2 aromatic carbocycles. The van der Waals surface area contributed by atoms with Gasteiger partial charge in [0.1, 0.15) is 0 Å². The second kappa shape index (κ2) is 7.80. The maximum Gasteiger partial charge on any atom is 0.263 e. The van der Waals surface area contributed by atoms with Gasteiger partial charge in [0.05, 0.1) is 21.2 Å². The van der Waals surface area contributed by atoms with Gasteiger partial charge >= 0.3 is 0 Å². The Balaban J connectivity index is 2.01. The molecule has 0 bridgehead atoms. The van der Waals surface area contributed by atoms with Gasteiger partial charge in [-0.05, 0) is 62.4 Å². The molecule has 0 saturated carbocycles. The van der Waals surface area contributed by atoms with Gasteiger partial charge in [0.15, 0.2) is 11.6 Å². The third kappa shape index (κ3) is 4.60. The maximum atomic E-state index is 12.7. The molecule has 10 nitrogen and oxygen atoms in total. The van der Waals surface area contributed by atoms with Crippen molar-refractivity contribution >= 4 is 43.1 Å². The van der Waals surface area contributed by atoms with E-state index in [1.165, 1.54) is 48.5 Å². The number of sulfonamides is 2. The number of hydrogen-bond acceptors (Lipinski definition) is 8. The summed E-state index contributed by atoms with van der Waals surface area (Å²) in [6.07, 6.45) is 0. The molecule has 0 spiro atoms. The SMILES string of the molecule is Cc1nc(NS(=O)(=O)c2ccc(N)cc2)c(NS(=O)(=O)c2ccc(N)cc2)nc1C. The van der Waals surface area contributed by atoms with Gasteiger partial charge in [-0.2, -0.15) is 0 Å². The number of nitrogens with one attached hydrogen (secondary N) is 2. The van der Waals surface area contributed by atoms with Crippen LogP contribution in [-0.2, 0) is 20.0 Å². The number of nitrogen functional groups attached to an aromatic ring is 2. The number of nitrogens with two attached hydrogens (primary N) is 2. The lowest BCUT2D eigenvalue weighted by Crippen LogP contribution is -2.20. The van der Waals surface area contributed by atoms with E-state index in [2.05, 4.69) is 19.4 Å². The lowest BCUT2D eigenvalue weighted by molar-refractivity contribution is 0.598. The van der Waals surface area contributed by atoms with Crippen LogP contribution in [0.4, 0.5) is 23.0 Å².